The molecule has 4 nitrogen and oxygen atoms in total. The Morgan fingerprint density at radius 1 is 0.417 bits per heavy atom. The minimum atomic E-state index is 0. The van der Waals surface area contributed by atoms with Gasteiger partial charge < -0.3 is 39.5 Å². The molecular weight excluding hydrogens is 532 g/mol. The van der Waals surface area contributed by atoms with E-state index < -0.39 is 0 Å². The van der Waals surface area contributed by atoms with Gasteiger partial charge in [0.15, 0.2) is 0 Å². The predicted octanol–water partition coefficient (Wildman–Crippen LogP) is 6.41. The molecule has 0 aromatic heterocycles. The molecule has 0 bridgehead atoms. The number of nitrogens with one attached hydrogen (secondary N) is 2. The van der Waals surface area contributed by atoms with E-state index in [1.54, 1.807) is 9.80 Å². The summed E-state index contributed by atoms with van der Waals surface area (Å²) < 4.78 is 0. The Bertz CT molecular complexity index is 295. The summed E-state index contributed by atoms with van der Waals surface area (Å²) in [6, 6.07) is 0. The van der Waals surface area contributed by atoms with E-state index in [1.807, 2.05) is 0 Å². The van der Waals surface area contributed by atoms with Crippen molar-refractivity contribution >= 4 is 0 Å². The van der Waals surface area contributed by atoms with Crippen LogP contribution in [0.5, 0.6) is 0 Å². The molecule has 0 spiro atoms. The molecule has 2 N–H and O–H groups in total. The molecule has 4 aliphatic rings. The third-order valence-electron chi connectivity index (χ3n) is 6.84. The summed E-state index contributed by atoms with van der Waals surface area (Å²) in [5.74, 6) is 2.10. The Morgan fingerprint density at radius 2 is 0.583 bits per heavy atom. The van der Waals surface area contributed by atoms with Crippen LogP contribution >= 0.6 is 0 Å². The summed E-state index contributed by atoms with van der Waals surface area (Å²) in [5.41, 5.74) is 0. The van der Waals surface area contributed by atoms with Crippen LogP contribution in [0.3, 0.4) is 0 Å². The Hall–Kier alpha value is 0.559. The average Bonchev–Trinajstić information content (AvgIpc) is 3.54. The summed E-state index contributed by atoms with van der Waals surface area (Å²) in [4.78, 5) is 17.2. The topological polar surface area (TPSA) is 43.0 Å². The summed E-state index contributed by atoms with van der Waals surface area (Å²) in [6.45, 7) is 2.78. The van der Waals surface area contributed by atoms with E-state index >= 15 is 0 Å². The fourth-order valence-electron chi connectivity index (χ4n) is 5.35. The molecule has 4 aliphatic carbocycles. The largest absolute Gasteiger partial charge is 2.00 e. The first-order valence-electron chi connectivity index (χ1n) is 13.3. The smallest absolute Gasteiger partial charge is 0.358 e. The van der Waals surface area contributed by atoms with Gasteiger partial charge in [-0.15, -0.1) is 0 Å². The van der Waals surface area contributed by atoms with Crippen molar-refractivity contribution in [3.05, 3.63) is 39.6 Å². The van der Waals surface area contributed by atoms with Gasteiger partial charge in [0.2, 0.25) is 0 Å². The summed E-state index contributed by atoms with van der Waals surface area (Å²) in [7, 11) is 8.99. The summed E-state index contributed by atoms with van der Waals surface area (Å²) in [6.07, 6.45) is 26.9. The van der Waals surface area contributed by atoms with E-state index in [0.29, 0.717) is 0 Å². The van der Waals surface area contributed by atoms with Gasteiger partial charge in [0, 0.05) is 21.8 Å². The molecule has 224 valence electrons. The van der Waals surface area contributed by atoms with Crippen molar-refractivity contribution < 1.29 is 43.9 Å². The zero-order valence-electron chi connectivity index (χ0n) is 25.8. The number of rotatable bonds is 4. The molecule has 0 amide bonds. The maximum Gasteiger partial charge on any atom is 2.00 e. The van der Waals surface area contributed by atoms with Crippen LogP contribution in [0, 0.1) is 51.5 Å². The van der Waals surface area contributed by atoms with Crippen molar-refractivity contribution in [2.24, 2.45) is 11.8 Å². The Morgan fingerprint density at radius 3 is 0.722 bits per heavy atom. The first-order chi connectivity index (χ1) is 14.6. The van der Waals surface area contributed by atoms with Crippen LogP contribution in [0.25, 0.3) is 0 Å². The molecule has 4 saturated carbocycles. The maximum absolute atomic E-state index is 7.00. The van der Waals surface area contributed by atoms with E-state index in [9.17, 15) is 0 Å². The third kappa shape index (κ3) is 36.7. The van der Waals surface area contributed by atoms with Crippen LogP contribution < -0.4 is 9.80 Å². The van der Waals surface area contributed by atoms with Crippen LogP contribution in [-0.4, -0.2) is 41.3 Å². The fourth-order valence-corrected chi connectivity index (χ4v) is 5.35. The van der Waals surface area contributed by atoms with Gasteiger partial charge >= 0.3 is 34.1 Å². The molecule has 6 heteroatoms. The zero-order chi connectivity index (χ0) is 22.5. The second kappa shape index (κ2) is 40.1. The molecule has 0 saturated heterocycles. The van der Waals surface area contributed by atoms with Crippen molar-refractivity contribution in [2.75, 3.05) is 41.3 Å². The van der Waals surface area contributed by atoms with E-state index in [4.69, 9.17) is 9.93 Å². The van der Waals surface area contributed by atoms with Crippen molar-refractivity contribution in [3.63, 3.8) is 0 Å². The molecule has 0 unspecified atom stereocenters. The van der Waals surface area contributed by atoms with Gasteiger partial charge in [0.25, 0.3) is 0 Å². The van der Waals surface area contributed by atoms with Gasteiger partial charge in [0.1, 0.15) is 0 Å². The van der Waals surface area contributed by atoms with Gasteiger partial charge in [-0.2, -0.15) is 0 Å². The van der Waals surface area contributed by atoms with Crippen molar-refractivity contribution in [2.45, 2.75) is 116 Å². The number of hydrogen-bond acceptors (Lipinski definition) is 2. The molecule has 0 atom stereocenters. The van der Waals surface area contributed by atoms with E-state index in [2.05, 4.69) is 28.2 Å². The molecule has 36 heavy (non-hydrogen) atoms. The normalized spacial score (nSPS) is 17.6. The second-order valence-electron chi connectivity index (χ2n) is 10.7. The molecule has 0 aromatic rings. The first-order valence-corrected chi connectivity index (χ1v) is 13.3. The summed E-state index contributed by atoms with van der Waals surface area (Å²) >= 11 is 0. The van der Waals surface area contributed by atoms with Crippen molar-refractivity contribution in [1.82, 2.24) is 0 Å². The van der Waals surface area contributed by atoms with Gasteiger partial charge in [-0.25, -0.2) is 0 Å². The minimum absolute atomic E-state index is 0. The molecule has 0 aromatic carbocycles. The monoisotopic (exact) mass is 600 g/mol. The van der Waals surface area contributed by atoms with Crippen LogP contribution in [0.1, 0.15) is 116 Å². The Kier molecular flexibility index (Phi) is 58.9. The quantitative estimate of drug-likeness (QED) is 0.290. The molecule has 0 aliphatic heterocycles. The molecule has 4 rings (SSSR count). The predicted molar refractivity (Wildman–Crippen MR) is 158 cm³/mol. The van der Waals surface area contributed by atoms with Crippen LogP contribution in [0.4, 0.5) is 0 Å². The molecule has 0 radical (unpaired) electrons. The fraction of sp³-hybridized carbons (Fsp3) is 0.867. The van der Waals surface area contributed by atoms with Crippen molar-refractivity contribution in [1.29, 1.82) is 0 Å². The molecular formula is C30H68Fe2N2O2+2. The van der Waals surface area contributed by atoms with Gasteiger partial charge in [0.05, 0.1) is 41.3 Å². The third-order valence-corrected chi connectivity index (χ3v) is 6.84. The standard InChI is InChI=1S/2C8H17N.2C5H10.4CH3.2Fe.O2/c2*1-9(2)7-8-5-3-4-6-8;2*1-2-4-5-3-1;;;;;;;1-2/h2*8H,3-7H2,1-2H3;2*1-5H2;4*1H3;;;/q;;;;4*-1;2*+2;/p+2. The SMILES string of the molecule is C1CCCC1.C1CCCC1.C[NH+](C)CC1CCCC1.C[NH+](C)CC1CCCC1.O=O.[CH3-].[CH3-].[CH3-].[CH3-].[Fe+2].[Fe+2]. The van der Waals surface area contributed by atoms with Crippen LogP contribution in [-0.2, 0) is 34.1 Å². The van der Waals surface area contributed by atoms with Crippen LogP contribution in [0.2, 0.25) is 0 Å². The minimum Gasteiger partial charge on any atom is -0.358 e. The van der Waals surface area contributed by atoms with Crippen LogP contribution in [0.15, 0.2) is 0 Å². The van der Waals surface area contributed by atoms with Crippen molar-refractivity contribution in [3.8, 4) is 0 Å². The van der Waals surface area contributed by atoms with Gasteiger partial charge in [-0.3, -0.25) is 0 Å². The Labute approximate surface area is 251 Å². The second-order valence-corrected chi connectivity index (χ2v) is 10.7. The Balaban J connectivity index is -0.0000000591. The zero-order valence-corrected chi connectivity index (χ0v) is 28.0. The maximum atomic E-state index is 7.00. The number of hydrogen-bond donors (Lipinski definition) is 2. The van der Waals surface area contributed by atoms with E-state index in [-0.39, 0.29) is 63.8 Å². The molecule has 0 heterocycles. The van der Waals surface area contributed by atoms with Gasteiger partial charge in [-0.05, 0) is 25.7 Å². The first kappa shape index (κ1) is 52.9. The average molecular weight is 601 g/mol. The van der Waals surface area contributed by atoms with E-state index in [0.717, 1.165) is 11.8 Å². The van der Waals surface area contributed by atoms with E-state index in [1.165, 1.54) is 129 Å². The summed E-state index contributed by atoms with van der Waals surface area (Å²) in [5, 5.41) is 0. The van der Waals surface area contributed by atoms with Gasteiger partial charge in [-0.1, -0.05) is 89.9 Å². The number of quaternary nitrogens is 2. The molecule has 4 fully saturated rings.